The van der Waals surface area contributed by atoms with Crippen LogP contribution in [0.4, 0.5) is 8.78 Å². The second kappa shape index (κ2) is 7.71. The summed E-state index contributed by atoms with van der Waals surface area (Å²) in [6.07, 6.45) is 0.544. The summed E-state index contributed by atoms with van der Waals surface area (Å²) in [7, 11) is 0. The van der Waals surface area contributed by atoms with Crippen molar-refractivity contribution < 1.29 is 23.5 Å². The number of nitrogens with one attached hydrogen (secondary N) is 1. The molecule has 116 valence electrons. The van der Waals surface area contributed by atoms with Crippen LogP contribution in [0.1, 0.15) is 37.0 Å². The maximum Gasteiger partial charge on any atom is 0.303 e. The van der Waals surface area contributed by atoms with E-state index in [1.807, 2.05) is 13.8 Å². The normalized spacial score (nSPS) is 12.2. The van der Waals surface area contributed by atoms with Gasteiger partial charge in [-0.05, 0) is 30.4 Å². The van der Waals surface area contributed by atoms with Crippen molar-refractivity contribution in [3.8, 4) is 0 Å². The quantitative estimate of drug-likeness (QED) is 0.813. The molecule has 0 bridgehead atoms. The summed E-state index contributed by atoms with van der Waals surface area (Å²) in [5.74, 6) is -3.96. The summed E-state index contributed by atoms with van der Waals surface area (Å²) >= 11 is 0. The summed E-state index contributed by atoms with van der Waals surface area (Å²) in [5.41, 5.74) is -0.381. The third-order valence-corrected chi connectivity index (χ3v) is 3.02. The molecule has 0 radical (unpaired) electrons. The Labute approximate surface area is 122 Å². The maximum atomic E-state index is 13.5. The van der Waals surface area contributed by atoms with Crippen molar-refractivity contribution in [1.29, 1.82) is 0 Å². The van der Waals surface area contributed by atoms with E-state index in [2.05, 4.69) is 5.32 Å². The van der Waals surface area contributed by atoms with Gasteiger partial charge in [-0.2, -0.15) is 0 Å². The summed E-state index contributed by atoms with van der Waals surface area (Å²) in [6, 6.07) is 3.36. The lowest BCUT2D eigenvalue weighted by Gasteiger charge is -2.18. The van der Waals surface area contributed by atoms with Gasteiger partial charge in [-0.25, -0.2) is 8.78 Å². The number of hydrogen-bond donors (Lipinski definition) is 2. The molecule has 0 heterocycles. The van der Waals surface area contributed by atoms with E-state index in [0.717, 1.165) is 6.07 Å². The molecule has 4 nitrogen and oxygen atoms in total. The molecule has 0 aliphatic heterocycles. The molecule has 0 spiro atoms. The Hall–Kier alpha value is -1.98. The van der Waals surface area contributed by atoms with Crippen LogP contribution in [0.5, 0.6) is 0 Å². The molecule has 0 fully saturated rings. The van der Waals surface area contributed by atoms with E-state index in [1.54, 1.807) is 0 Å². The van der Waals surface area contributed by atoms with Crippen LogP contribution in [-0.2, 0) is 4.79 Å². The van der Waals surface area contributed by atoms with Crippen molar-refractivity contribution >= 4 is 11.9 Å². The lowest BCUT2D eigenvalue weighted by Crippen LogP contribution is -2.31. The van der Waals surface area contributed by atoms with Gasteiger partial charge in [0.25, 0.3) is 5.91 Å². The minimum absolute atomic E-state index is 0.0793. The number of rotatable bonds is 7. The number of carboxylic acids is 1. The average Bonchev–Trinajstić information content (AvgIpc) is 2.37. The topological polar surface area (TPSA) is 66.4 Å². The smallest absolute Gasteiger partial charge is 0.303 e. The first kappa shape index (κ1) is 17.1. The summed E-state index contributed by atoms with van der Waals surface area (Å²) in [4.78, 5) is 22.6. The minimum atomic E-state index is -1.20. The monoisotopic (exact) mass is 299 g/mol. The van der Waals surface area contributed by atoms with Crippen LogP contribution in [-0.4, -0.2) is 23.5 Å². The Bertz CT molecular complexity index is 518. The van der Waals surface area contributed by atoms with Gasteiger partial charge in [0, 0.05) is 13.0 Å². The second-order valence-electron chi connectivity index (χ2n) is 5.40. The summed E-state index contributed by atoms with van der Waals surface area (Å²) in [5, 5.41) is 11.3. The minimum Gasteiger partial charge on any atom is -0.481 e. The van der Waals surface area contributed by atoms with Gasteiger partial charge < -0.3 is 10.4 Å². The van der Waals surface area contributed by atoms with E-state index < -0.39 is 23.5 Å². The maximum absolute atomic E-state index is 13.5. The highest BCUT2D eigenvalue weighted by Crippen LogP contribution is 2.16. The highest BCUT2D eigenvalue weighted by Gasteiger charge is 2.19. The van der Waals surface area contributed by atoms with Gasteiger partial charge in [-0.15, -0.1) is 0 Å². The van der Waals surface area contributed by atoms with E-state index in [4.69, 9.17) is 5.11 Å². The molecule has 6 heteroatoms. The van der Waals surface area contributed by atoms with Crippen molar-refractivity contribution in [2.45, 2.75) is 26.7 Å². The Morgan fingerprint density at radius 3 is 2.52 bits per heavy atom. The molecule has 0 aromatic heterocycles. The molecule has 1 rings (SSSR count). The highest BCUT2D eigenvalue weighted by atomic mass is 19.2. The number of carbonyl (C=O) groups excluding carboxylic acids is 1. The molecule has 0 aliphatic rings. The van der Waals surface area contributed by atoms with Crippen molar-refractivity contribution in [1.82, 2.24) is 5.32 Å². The Balaban J connectivity index is 2.68. The van der Waals surface area contributed by atoms with Crippen LogP contribution in [0, 0.1) is 23.5 Å². The van der Waals surface area contributed by atoms with Gasteiger partial charge in [0.1, 0.15) is 0 Å². The molecule has 2 N–H and O–H groups in total. The number of carbonyl (C=O) groups is 2. The van der Waals surface area contributed by atoms with Crippen LogP contribution in [0.25, 0.3) is 0 Å². The number of amides is 1. The van der Waals surface area contributed by atoms with Gasteiger partial charge in [-0.3, -0.25) is 9.59 Å². The lowest BCUT2D eigenvalue weighted by atomic mass is 9.94. The number of benzene rings is 1. The summed E-state index contributed by atoms with van der Waals surface area (Å²) in [6.45, 7) is 4.01. The van der Waals surface area contributed by atoms with Gasteiger partial charge in [-0.1, -0.05) is 19.9 Å². The Morgan fingerprint density at radius 2 is 1.95 bits per heavy atom. The molecule has 1 amide bonds. The van der Waals surface area contributed by atoms with Crippen LogP contribution in [0.3, 0.4) is 0 Å². The van der Waals surface area contributed by atoms with Gasteiger partial charge in [0.2, 0.25) is 0 Å². The van der Waals surface area contributed by atoms with Crippen LogP contribution in [0.15, 0.2) is 18.2 Å². The summed E-state index contributed by atoms with van der Waals surface area (Å²) < 4.78 is 26.5. The molecule has 1 aromatic carbocycles. The van der Waals surface area contributed by atoms with Gasteiger partial charge >= 0.3 is 5.97 Å². The third kappa shape index (κ3) is 5.49. The predicted molar refractivity (Wildman–Crippen MR) is 73.9 cm³/mol. The van der Waals surface area contributed by atoms with E-state index in [1.165, 1.54) is 12.1 Å². The second-order valence-corrected chi connectivity index (χ2v) is 5.40. The zero-order valence-electron chi connectivity index (χ0n) is 12.0. The van der Waals surface area contributed by atoms with Crippen molar-refractivity contribution in [3.05, 3.63) is 35.4 Å². The first-order valence-corrected chi connectivity index (χ1v) is 6.75. The SMILES string of the molecule is CC(C)C[C@H](CNC(=O)c1cccc(F)c1F)CC(=O)O. The zero-order valence-corrected chi connectivity index (χ0v) is 12.0. The Kier molecular flexibility index (Phi) is 6.27. The molecule has 0 unspecified atom stereocenters. The van der Waals surface area contributed by atoms with Crippen LogP contribution in [0.2, 0.25) is 0 Å². The van der Waals surface area contributed by atoms with Crippen LogP contribution >= 0.6 is 0 Å². The fourth-order valence-electron chi connectivity index (χ4n) is 2.16. The molecule has 1 aromatic rings. The average molecular weight is 299 g/mol. The molecular formula is C15H19F2NO3. The highest BCUT2D eigenvalue weighted by molar-refractivity contribution is 5.94. The van der Waals surface area contributed by atoms with E-state index in [0.29, 0.717) is 6.42 Å². The third-order valence-electron chi connectivity index (χ3n) is 3.02. The van der Waals surface area contributed by atoms with E-state index >= 15 is 0 Å². The molecule has 0 saturated carbocycles. The Morgan fingerprint density at radius 1 is 1.29 bits per heavy atom. The largest absolute Gasteiger partial charge is 0.481 e. The number of aliphatic carboxylic acids is 1. The fourth-order valence-corrected chi connectivity index (χ4v) is 2.16. The van der Waals surface area contributed by atoms with Crippen LogP contribution < -0.4 is 5.32 Å². The van der Waals surface area contributed by atoms with Gasteiger partial charge in [0.05, 0.1) is 5.56 Å². The molecule has 0 aliphatic carbocycles. The molecule has 21 heavy (non-hydrogen) atoms. The predicted octanol–water partition coefficient (Wildman–Crippen LogP) is 2.83. The molecule has 1 atom stereocenters. The fraction of sp³-hybridized carbons (Fsp3) is 0.467. The molecule has 0 saturated heterocycles. The van der Waals surface area contributed by atoms with Crippen molar-refractivity contribution in [2.75, 3.05) is 6.54 Å². The number of halogens is 2. The van der Waals surface area contributed by atoms with Crippen molar-refractivity contribution in [3.63, 3.8) is 0 Å². The standard InChI is InChI=1S/C15H19F2NO3/c1-9(2)6-10(7-13(19)20)8-18-15(21)11-4-3-5-12(16)14(11)17/h3-5,9-10H,6-8H2,1-2H3,(H,18,21)(H,19,20)/t10-/m0/s1. The van der Waals surface area contributed by atoms with Gasteiger partial charge in [0.15, 0.2) is 11.6 Å². The first-order valence-electron chi connectivity index (χ1n) is 6.75. The van der Waals surface area contributed by atoms with E-state index in [9.17, 15) is 18.4 Å². The first-order chi connectivity index (χ1) is 9.81. The number of carboxylic acid groups (broad SMARTS) is 1. The lowest BCUT2D eigenvalue weighted by molar-refractivity contribution is -0.138. The molecular weight excluding hydrogens is 280 g/mol. The number of hydrogen-bond acceptors (Lipinski definition) is 2. The zero-order chi connectivity index (χ0) is 16.0. The van der Waals surface area contributed by atoms with E-state index in [-0.39, 0.29) is 30.4 Å². The van der Waals surface area contributed by atoms with Crippen molar-refractivity contribution in [2.24, 2.45) is 11.8 Å².